The number of rotatable bonds is 3. The molecule has 1 aromatic rings. The molecule has 0 amide bonds. The first-order valence-corrected chi connectivity index (χ1v) is 8.57. The van der Waals surface area contributed by atoms with Gasteiger partial charge in [0.05, 0.1) is 11.2 Å². The van der Waals surface area contributed by atoms with Gasteiger partial charge in [-0.15, -0.1) is 0 Å². The van der Waals surface area contributed by atoms with Crippen LogP contribution >= 0.6 is 0 Å². The molecule has 1 aliphatic rings. The molecule has 0 unspecified atom stereocenters. The summed E-state index contributed by atoms with van der Waals surface area (Å²) in [7, 11) is -0.396. The average molecular weight is 324 g/mol. The number of benzene rings is 1. The molecule has 1 aromatic carbocycles. The Balaban J connectivity index is 2.25. The molecule has 24 heavy (non-hydrogen) atoms. The van der Waals surface area contributed by atoms with Crippen LogP contribution in [0.5, 0.6) is 0 Å². The molecule has 0 aromatic heterocycles. The van der Waals surface area contributed by atoms with Crippen LogP contribution < -0.4 is 10.4 Å². The van der Waals surface area contributed by atoms with Gasteiger partial charge >= 0.3 is 7.12 Å². The van der Waals surface area contributed by atoms with Gasteiger partial charge in [0.25, 0.3) is 0 Å². The molecule has 128 valence electrons. The first-order chi connectivity index (χ1) is 11.1. The van der Waals surface area contributed by atoms with E-state index in [-0.39, 0.29) is 11.2 Å². The lowest BCUT2D eigenvalue weighted by Crippen LogP contribution is -2.41. The van der Waals surface area contributed by atoms with Crippen LogP contribution in [0.25, 0.3) is 18.2 Å². The molecule has 1 saturated heterocycles. The van der Waals surface area contributed by atoms with Gasteiger partial charge in [0.15, 0.2) is 0 Å². The van der Waals surface area contributed by atoms with Crippen molar-refractivity contribution in [2.45, 2.75) is 59.7 Å². The molecule has 3 heteroatoms. The van der Waals surface area contributed by atoms with Gasteiger partial charge in [-0.25, -0.2) is 0 Å². The van der Waals surface area contributed by atoms with Crippen LogP contribution in [-0.2, 0) is 9.31 Å². The Morgan fingerprint density at radius 1 is 1.00 bits per heavy atom. The number of hydrogen-bond acceptors (Lipinski definition) is 2. The molecule has 0 atom stereocenters. The quantitative estimate of drug-likeness (QED) is 0.622. The van der Waals surface area contributed by atoms with Crippen LogP contribution in [0.2, 0.25) is 0 Å². The summed E-state index contributed by atoms with van der Waals surface area (Å²) < 4.78 is 12.1. The first kappa shape index (κ1) is 18.8. The lowest BCUT2D eigenvalue weighted by Gasteiger charge is -2.32. The minimum atomic E-state index is -0.396. The van der Waals surface area contributed by atoms with Crippen molar-refractivity contribution in [2.24, 2.45) is 0 Å². The van der Waals surface area contributed by atoms with Gasteiger partial charge in [0, 0.05) is 0 Å². The van der Waals surface area contributed by atoms with Gasteiger partial charge in [-0.05, 0) is 81.6 Å². The molecule has 0 aliphatic carbocycles. The van der Waals surface area contributed by atoms with Crippen LogP contribution in [0.15, 0.2) is 30.3 Å². The summed E-state index contributed by atoms with van der Waals surface area (Å²) in [6, 6.07) is 4.42. The Bertz CT molecular complexity index is 769. The van der Waals surface area contributed by atoms with Crippen LogP contribution in [0, 0.1) is 6.92 Å². The maximum Gasteiger partial charge on any atom is 0.494 e. The van der Waals surface area contributed by atoms with E-state index in [4.69, 9.17) is 9.31 Å². The zero-order valence-electron chi connectivity index (χ0n) is 16.1. The van der Waals surface area contributed by atoms with Crippen molar-refractivity contribution < 1.29 is 9.31 Å². The monoisotopic (exact) mass is 324 g/mol. The van der Waals surface area contributed by atoms with E-state index in [2.05, 4.69) is 85.4 Å². The lowest BCUT2D eigenvalue weighted by atomic mass is 9.79. The van der Waals surface area contributed by atoms with Crippen molar-refractivity contribution in [3.8, 4) is 0 Å². The highest BCUT2D eigenvalue weighted by atomic mass is 16.7. The molecule has 1 aliphatic heterocycles. The standard InChI is InChI=1S/C21H29BO2/c1-9-17-13-15(3)19(14-18(17)10-2)12-11-16(4)22-23-20(5,6)21(7,8)24-22/h9-14H,4H2,1-3,5-8H3/b12-11-,17-9-,18-10-. The second kappa shape index (κ2) is 6.74. The molecular formula is C21H29BO2. The predicted octanol–water partition coefficient (Wildman–Crippen LogP) is 3.80. The summed E-state index contributed by atoms with van der Waals surface area (Å²) in [6.07, 6.45) is 8.36. The fourth-order valence-electron chi connectivity index (χ4n) is 2.71. The van der Waals surface area contributed by atoms with Crippen LogP contribution in [-0.4, -0.2) is 18.3 Å². The number of allylic oxidation sites excluding steroid dienone is 2. The highest BCUT2D eigenvalue weighted by Crippen LogP contribution is 2.38. The van der Waals surface area contributed by atoms with E-state index >= 15 is 0 Å². The third-order valence-electron chi connectivity index (χ3n) is 5.13. The number of hydrogen-bond donors (Lipinski definition) is 0. The summed E-state index contributed by atoms with van der Waals surface area (Å²) in [5.74, 6) is 0. The van der Waals surface area contributed by atoms with Crippen molar-refractivity contribution >= 4 is 25.3 Å². The second-order valence-electron chi connectivity index (χ2n) is 7.41. The van der Waals surface area contributed by atoms with Crippen molar-refractivity contribution in [1.29, 1.82) is 0 Å². The molecule has 0 saturated carbocycles. The minimum Gasteiger partial charge on any atom is -0.399 e. The van der Waals surface area contributed by atoms with Gasteiger partial charge in [0.2, 0.25) is 0 Å². The third-order valence-corrected chi connectivity index (χ3v) is 5.13. The first-order valence-electron chi connectivity index (χ1n) is 8.57. The SMILES string of the molecule is C=C(/C=C\c1cc(=C/C)/c(=C\C)cc1C)B1OC(C)(C)C(C)(C)O1. The maximum absolute atomic E-state index is 6.04. The van der Waals surface area contributed by atoms with Gasteiger partial charge in [-0.1, -0.05) is 36.9 Å². The molecule has 2 nitrogen and oxygen atoms in total. The van der Waals surface area contributed by atoms with E-state index < -0.39 is 7.12 Å². The third kappa shape index (κ3) is 3.58. The smallest absolute Gasteiger partial charge is 0.399 e. The van der Waals surface area contributed by atoms with Gasteiger partial charge in [-0.3, -0.25) is 0 Å². The fourth-order valence-corrected chi connectivity index (χ4v) is 2.71. The second-order valence-corrected chi connectivity index (χ2v) is 7.41. The predicted molar refractivity (Wildman–Crippen MR) is 105 cm³/mol. The zero-order chi connectivity index (χ0) is 18.1. The van der Waals surface area contributed by atoms with Crippen molar-refractivity contribution in [1.82, 2.24) is 0 Å². The van der Waals surface area contributed by atoms with Gasteiger partial charge < -0.3 is 9.31 Å². The Hall–Kier alpha value is -1.58. The van der Waals surface area contributed by atoms with Crippen LogP contribution in [0.1, 0.15) is 52.7 Å². The Morgan fingerprint density at radius 2 is 1.50 bits per heavy atom. The molecule has 2 rings (SSSR count). The van der Waals surface area contributed by atoms with Crippen LogP contribution in [0.4, 0.5) is 0 Å². The summed E-state index contributed by atoms with van der Waals surface area (Å²) >= 11 is 0. The Labute approximate surface area is 146 Å². The van der Waals surface area contributed by atoms with E-state index in [1.165, 1.54) is 21.6 Å². The highest BCUT2D eigenvalue weighted by molar-refractivity contribution is 6.55. The van der Waals surface area contributed by atoms with Gasteiger partial charge in [-0.2, -0.15) is 0 Å². The molecule has 1 heterocycles. The zero-order valence-corrected chi connectivity index (χ0v) is 16.1. The van der Waals surface area contributed by atoms with E-state index in [1.54, 1.807) is 0 Å². The van der Waals surface area contributed by atoms with Crippen molar-refractivity contribution in [2.75, 3.05) is 0 Å². The summed E-state index contributed by atoms with van der Waals surface area (Å²) in [5, 5.41) is 2.50. The van der Waals surface area contributed by atoms with E-state index in [0.717, 1.165) is 5.47 Å². The highest BCUT2D eigenvalue weighted by Gasteiger charge is 2.51. The molecule has 0 spiro atoms. The average Bonchev–Trinajstić information content (AvgIpc) is 2.73. The van der Waals surface area contributed by atoms with E-state index in [1.807, 2.05) is 6.08 Å². The topological polar surface area (TPSA) is 18.5 Å². The van der Waals surface area contributed by atoms with Crippen molar-refractivity contribution in [3.63, 3.8) is 0 Å². The van der Waals surface area contributed by atoms with Crippen LogP contribution in [0.3, 0.4) is 0 Å². The Kier molecular flexibility index (Phi) is 5.27. The van der Waals surface area contributed by atoms with Crippen molar-refractivity contribution in [3.05, 3.63) is 51.8 Å². The summed E-state index contributed by atoms with van der Waals surface area (Å²) in [5.41, 5.74) is 2.58. The van der Waals surface area contributed by atoms with Gasteiger partial charge in [0.1, 0.15) is 0 Å². The van der Waals surface area contributed by atoms with E-state index in [9.17, 15) is 0 Å². The molecule has 1 fully saturated rings. The summed E-state index contributed by atoms with van der Waals surface area (Å²) in [4.78, 5) is 0. The molecule has 0 radical (unpaired) electrons. The molecule has 0 bridgehead atoms. The van der Waals surface area contributed by atoms with E-state index in [0.29, 0.717) is 0 Å². The maximum atomic E-state index is 6.04. The minimum absolute atomic E-state index is 0.340. The number of aryl methyl sites for hydroxylation is 1. The Morgan fingerprint density at radius 3 is 2.00 bits per heavy atom. The molecule has 0 N–H and O–H groups in total. The normalized spacial score (nSPS) is 21.0. The molecular weight excluding hydrogens is 295 g/mol. The largest absolute Gasteiger partial charge is 0.494 e. The summed E-state index contributed by atoms with van der Waals surface area (Å²) in [6.45, 7) is 18.6. The fraction of sp³-hybridized carbons (Fsp3) is 0.429. The lowest BCUT2D eigenvalue weighted by molar-refractivity contribution is 0.00578.